The van der Waals surface area contributed by atoms with Crippen molar-refractivity contribution in [3.8, 4) is 11.5 Å². The van der Waals surface area contributed by atoms with Crippen LogP contribution in [0.2, 0.25) is 0 Å². The lowest BCUT2D eigenvalue weighted by Gasteiger charge is -2.01. The maximum atomic E-state index is 12.9. The van der Waals surface area contributed by atoms with E-state index in [4.69, 9.17) is 4.42 Å². The van der Waals surface area contributed by atoms with E-state index >= 15 is 0 Å². The molecule has 4 nitrogen and oxygen atoms in total. The van der Waals surface area contributed by atoms with Crippen LogP contribution in [0.4, 0.5) is 4.39 Å². The molecule has 106 valence electrons. The second-order valence-corrected chi connectivity index (χ2v) is 5.30. The van der Waals surface area contributed by atoms with Crippen molar-refractivity contribution < 1.29 is 13.5 Å². The maximum absolute atomic E-state index is 12.9. The Labute approximate surface area is 124 Å². The molecule has 1 aromatic carbocycles. The van der Waals surface area contributed by atoms with Crippen molar-refractivity contribution in [3.05, 3.63) is 71.6 Å². The van der Waals surface area contributed by atoms with Crippen molar-refractivity contribution in [2.24, 2.45) is 0 Å². The summed E-state index contributed by atoms with van der Waals surface area (Å²) in [4.78, 5) is 4.33. The minimum absolute atomic E-state index is 0.301. The van der Waals surface area contributed by atoms with Gasteiger partial charge in [-0.3, -0.25) is 0 Å². The Morgan fingerprint density at radius 3 is 2.76 bits per heavy atom. The van der Waals surface area contributed by atoms with Crippen molar-refractivity contribution in [1.29, 1.82) is 0 Å². The molecule has 0 radical (unpaired) electrons. The van der Waals surface area contributed by atoms with Gasteiger partial charge in [0.2, 0.25) is 5.89 Å². The fourth-order valence-corrected chi connectivity index (χ4v) is 2.56. The van der Waals surface area contributed by atoms with Crippen LogP contribution in [0, 0.1) is 11.0 Å². The SMILES string of the molecule is [O-][n+]1ccccc1SCc1coc(-c2ccc(F)cc2)n1. The van der Waals surface area contributed by atoms with Crippen LogP contribution in [0.25, 0.3) is 11.5 Å². The van der Waals surface area contributed by atoms with Crippen molar-refractivity contribution in [2.45, 2.75) is 10.8 Å². The van der Waals surface area contributed by atoms with Crippen molar-refractivity contribution in [1.82, 2.24) is 4.98 Å². The summed E-state index contributed by atoms with van der Waals surface area (Å²) in [6, 6.07) is 11.2. The first-order valence-corrected chi connectivity index (χ1v) is 7.22. The molecule has 0 fully saturated rings. The molecule has 0 spiro atoms. The largest absolute Gasteiger partial charge is 0.618 e. The van der Waals surface area contributed by atoms with Crippen LogP contribution >= 0.6 is 11.8 Å². The third-order valence-electron chi connectivity index (χ3n) is 2.80. The Morgan fingerprint density at radius 1 is 1.19 bits per heavy atom. The van der Waals surface area contributed by atoms with Crippen LogP contribution in [0.1, 0.15) is 5.69 Å². The monoisotopic (exact) mass is 302 g/mol. The molecule has 0 bridgehead atoms. The van der Waals surface area contributed by atoms with Crippen LogP contribution < -0.4 is 4.73 Å². The van der Waals surface area contributed by atoms with Gasteiger partial charge in [-0.2, -0.15) is 4.73 Å². The van der Waals surface area contributed by atoms with E-state index in [0.29, 0.717) is 22.2 Å². The van der Waals surface area contributed by atoms with Gasteiger partial charge in [0.1, 0.15) is 12.1 Å². The van der Waals surface area contributed by atoms with Crippen molar-refractivity contribution in [2.75, 3.05) is 0 Å². The molecule has 2 aromatic heterocycles. The summed E-state index contributed by atoms with van der Waals surface area (Å²) < 4.78 is 19.1. The zero-order valence-corrected chi connectivity index (χ0v) is 11.7. The van der Waals surface area contributed by atoms with Crippen molar-refractivity contribution in [3.63, 3.8) is 0 Å². The molecule has 21 heavy (non-hydrogen) atoms. The second kappa shape index (κ2) is 5.97. The number of pyridine rings is 1. The first-order chi connectivity index (χ1) is 10.2. The van der Waals surface area contributed by atoms with E-state index in [9.17, 15) is 9.60 Å². The zero-order chi connectivity index (χ0) is 14.7. The number of hydrogen-bond acceptors (Lipinski definition) is 4. The molecule has 0 saturated carbocycles. The van der Waals surface area contributed by atoms with E-state index in [1.54, 1.807) is 30.5 Å². The molecule has 0 saturated heterocycles. The zero-order valence-electron chi connectivity index (χ0n) is 10.9. The minimum atomic E-state index is -0.301. The van der Waals surface area contributed by atoms with E-state index < -0.39 is 0 Å². The molecular formula is C15H11FN2O2S. The highest BCUT2D eigenvalue weighted by atomic mass is 32.2. The number of benzene rings is 1. The number of hydrogen-bond donors (Lipinski definition) is 0. The van der Waals surface area contributed by atoms with E-state index in [0.717, 1.165) is 10.4 Å². The third kappa shape index (κ3) is 3.22. The van der Waals surface area contributed by atoms with Crippen molar-refractivity contribution >= 4 is 11.8 Å². The van der Waals surface area contributed by atoms with Gasteiger partial charge < -0.3 is 9.62 Å². The highest BCUT2D eigenvalue weighted by Gasteiger charge is 2.10. The van der Waals surface area contributed by atoms with Gasteiger partial charge in [0.15, 0.2) is 6.20 Å². The van der Waals surface area contributed by atoms with Gasteiger partial charge in [0, 0.05) is 23.4 Å². The molecule has 0 aliphatic rings. The summed E-state index contributed by atoms with van der Waals surface area (Å²) in [5.41, 5.74) is 1.44. The molecule has 0 aliphatic carbocycles. The molecule has 0 unspecified atom stereocenters. The normalized spacial score (nSPS) is 10.7. The lowest BCUT2D eigenvalue weighted by molar-refractivity contribution is -0.645. The second-order valence-electron chi connectivity index (χ2n) is 4.30. The van der Waals surface area contributed by atoms with Gasteiger partial charge in [-0.05, 0) is 42.1 Å². The summed E-state index contributed by atoms with van der Waals surface area (Å²) in [6.07, 6.45) is 3.00. The summed E-state index contributed by atoms with van der Waals surface area (Å²) in [5.74, 6) is 0.663. The van der Waals surface area contributed by atoms with Crippen LogP contribution in [0.3, 0.4) is 0 Å². The molecule has 2 heterocycles. The van der Waals surface area contributed by atoms with Gasteiger partial charge in [0.05, 0.1) is 5.69 Å². The first kappa shape index (κ1) is 13.6. The minimum Gasteiger partial charge on any atom is -0.618 e. The molecule has 0 amide bonds. The number of halogens is 1. The fraction of sp³-hybridized carbons (Fsp3) is 0.0667. The Morgan fingerprint density at radius 2 is 2.00 bits per heavy atom. The summed E-state index contributed by atoms with van der Waals surface area (Å²) in [6.45, 7) is 0. The fourth-order valence-electron chi connectivity index (χ4n) is 1.77. The van der Waals surface area contributed by atoms with E-state index in [-0.39, 0.29) is 5.82 Å². The van der Waals surface area contributed by atoms with E-state index in [2.05, 4.69) is 4.98 Å². The molecular weight excluding hydrogens is 291 g/mol. The summed E-state index contributed by atoms with van der Waals surface area (Å²) in [5, 5.41) is 12.1. The topological polar surface area (TPSA) is 53.0 Å². The van der Waals surface area contributed by atoms with Gasteiger partial charge in [-0.25, -0.2) is 9.37 Å². The summed E-state index contributed by atoms with van der Waals surface area (Å²) >= 11 is 1.38. The Kier molecular flexibility index (Phi) is 3.87. The number of thioether (sulfide) groups is 1. The van der Waals surface area contributed by atoms with Gasteiger partial charge >= 0.3 is 0 Å². The standard InChI is InChI=1S/C15H11FN2O2S/c16-12-6-4-11(5-7-12)15-17-13(9-20-15)10-21-14-3-1-2-8-18(14)19/h1-9H,10H2. The lowest BCUT2D eigenvalue weighted by Crippen LogP contribution is -2.27. The number of aromatic nitrogens is 2. The lowest BCUT2D eigenvalue weighted by atomic mass is 10.2. The molecule has 6 heteroatoms. The molecule has 0 atom stereocenters. The Hall–Kier alpha value is -2.34. The molecule has 0 N–H and O–H groups in total. The molecule has 3 aromatic rings. The Balaban J connectivity index is 1.71. The van der Waals surface area contributed by atoms with Crippen LogP contribution in [-0.2, 0) is 5.75 Å². The van der Waals surface area contributed by atoms with Crippen LogP contribution in [-0.4, -0.2) is 4.98 Å². The average Bonchev–Trinajstić information content (AvgIpc) is 2.96. The highest BCUT2D eigenvalue weighted by Crippen LogP contribution is 2.23. The number of nitrogens with zero attached hydrogens (tertiary/aromatic N) is 2. The molecule has 3 rings (SSSR count). The first-order valence-electron chi connectivity index (χ1n) is 6.24. The van der Waals surface area contributed by atoms with Gasteiger partial charge in [0.25, 0.3) is 5.03 Å². The third-order valence-corrected chi connectivity index (χ3v) is 3.85. The summed E-state index contributed by atoms with van der Waals surface area (Å²) in [7, 11) is 0. The predicted octanol–water partition coefficient (Wildman–Crippen LogP) is 3.41. The van der Waals surface area contributed by atoms with E-state index in [1.165, 1.54) is 30.1 Å². The van der Waals surface area contributed by atoms with E-state index in [1.807, 2.05) is 6.07 Å². The highest BCUT2D eigenvalue weighted by molar-refractivity contribution is 7.98. The van der Waals surface area contributed by atoms with Gasteiger partial charge in [-0.1, -0.05) is 0 Å². The average molecular weight is 302 g/mol. The van der Waals surface area contributed by atoms with Gasteiger partial charge in [-0.15, -0.1) is 0 Å². The Bertz CT molecular complexity index is 743. The smallest absolute Gasteiger partial charge is 0.251 e. The molecule has 0 aliphatic heterocycles. The number of oxazole rings is 1. The quantitative estimate of drug-likeness (QED) is 0.421. The predicted molar refractivity (Wildman–Crippen MR) is 76.9 cm³/mol. The number of rotatable bonds is 4. The van der Waals surface area contributed by atoms with Crippen LogP contribution in [0.15, 0.2) is 64.4 Å². The van der Waals surface area contributed by atoms with Crippen LogP contribution in [0.5, 0.6) is 0 Å². The maximum Gasteiger partial charge on any atom is 0.251 e.